The summed E-state index contributed by atoms with van der Waals surface area (Å²) in [5.74, 6) is 0.134. The average Bonchev–Trinajstić information content (AvgIpc) is 2.44. The van der Waals surface area contributed by atoms with Gasteiger partial charge in [-0.25, -0.2) is 0 Å². The van der Waals surface area contributed by atoms with Crippen LogP contribution in [0, 0.1) is 0 Å². The second-order valence-corrected chi connectivity index (χ2v) is 5.96. The van der Waals surface area contributed by atoms with Gasteiger partial charge in [0, 0.05) is 10.8 Å². The molecule has 0 atom stereocenters. The molecule has 5 heteroatoms. The van der Waals surface area contributed by atoms with E-state index in [0.29, 0.717) is 5.39 Å². The van der Waals surface area contributed by atoms with Gasteiger partial charge in [-0.15, -0.1) is 0 Å². The van der Waals surface area contributed by atoms with Crippen LogP contribution >= 0.6 is 0 Å². The van der Waals surface area contributed by atoms with Crippen molar-refractivity contribution in [1.29, 1.82) is 0 Å². The first-order valence-electron chi connectivity index (χ1n) is 6.36. The molecule has 0 aromatic heterocycles. The number of benzene rings is 4. The molecule has 0 aliphatic carbocycles. The highest BCUT2D eigenvalue weighted by Crippen LogP contribution is 2.39. The summed E-state index contributed by atoms with van der Waals surface area (Å²) < 4.78 is 35.9. The fraction of sp³-hybridized carbons (Fsp3) is 0. The molecule has 21 heavy (non-hydrogen) atoms. The van der Waals surface area contributed by atoms with E-state index in [4.69, 9.17) is 8.74 Å². The lowest BCUT2D eigenvalue weighted by Gasteiger charge is -2.13. The Morgan fingerprint density at radius 3 is 2.14 bits per heavy atom. The van der Waals surface area contributed by atoms with E-state index < -0.39 is 10.4 Å². The third-order valence-corrected chi connectivity index (χ3v) is 4.06. The summed E-state index contributed by atoms with van der Waals surface area (Å²) in [5.41, 5.74) is 0. The van der Waals surface area contributed by atoms with Crippen LogP contribution in [-0.4, -0.2) is 13.0 Å². The monoisotopic (exact) mass is 298 g/mol. The Labute approximate surface area is 120 Å². The topological polar surface area (TPSA) is 63.6 Å². The Balaban J connectivity index is 2.25. The van der Waals surface area contributed by atoms with Crippen molar-refractivity contribution >= 4 is 42.7 Å². The van der Waals surface area contributed by atoms with Gasteiger partial charge in [0.2, 0.25) is 0 Å². The highest BCUT2D eigenvalue weighted by molar-refractivity contribution is 7.81. The summed E-state index contributed by atoms with van der Waals surface area (Å²) in [4.78, 5) is 0. The molecule has 0 amide bonds. The molecule has 0 aliphatic heterocycles. The van der Waals surface area contributed by atoms with Crippen molar-refractivity contribution in [1.82, 2.24) is 0 Å². The fourth-order valence-corrected chi connectivity index (χ4v) is 3.28. The van der Waals surface area contributed by atoms with Crippen LogP contribution in [0.25, 0.3) is 32.3 Å². The molecule has 4 rings (SSSR count). The molecule has 0 aliphatic rings. The van der Waals surface area contributed by atoms with Crippen LogP contribution in [-0.2, 0) is 10.4 Å². The predicted octanol–water partition coefficient (Wildman–Crippen LogP) is 3.77. The van der Waals surface area contributed by atoms with Gasteiger partial charge in [0.05, 0.1) is 0 Å². The van der Waals surface area contributed by atoms with Crippen LogP contribution in [0.5, 0.6) is 5.75 Å². The van der Waals surface area contributed by atoms with Gasteiger partial charge in [0.25, 0.3) is 0 Å². The molecule has 1 N–H and O–H groups in total. The van der Waals surface area contributed by atoms with E-state index >= 15 is 0 Å². The second-order valence-electron chi connectivity index (χ2n) is 4.93. The summed E-state index contributed by atoms with van der Waals surface area (Å²) in [6.07, 6.45) is 0. The van der Waals surface area contributed by atoms with Crippen molar-refractivity contribution in [2.75, 3.05) is 0 Å². The van der Waals surface area contributed by atoms with Gasteiger partial charge in [0.1, 0.15) is 0 Å². The molecule has 0 spiro atoms. The Kier molecular flexibility index (Phi) is 2.40. The normalized spacial score (nSPS) is 12.4. The molecular weight excluding hydrogens is 288 g/mol. The minimum absolute atomic E-state index is 0.134. The molecule has 0 unspecified atom stereocenters. The molecule has 4 aromatic carbocycles. The van der Waals surface area contributed by atoms with Crippen LogP contribution < -0.4 is 4.18 Å². The maximum absolute atomic E-state index is 11.1. The maximum Gasteiger partial charge on any atom is 0.446 e. The third-order valence-electron chi connectivity index (χ3n) is 3.67. The molecule has 0 saturated heterocycles. The lowest BCUT2D eigenvalue weighted by Crippen LogP contribution is -2.07. The fourth-order valence-electron chi connectivity index (χ4n) is 2.91. The van der Waals surface area contributed by atoms with Gasteiger partial charge in [-0.2, -0.15) is 8.42 Å². The minimum Gasteiger partial charge on any atom is -0.361 e. The van der Waals surface area contributed by atoms with Crippen LogP contribution in [0.4, 0.5) is 0 Å². The summed E-state index contributed by atoms with van der Waals surface area (Å²) in [7, 11) is -4.56. The van der Waals surface area contributed by atoms with E-state index in [1.54, 1.807) is 12.1 Å². The highest BCUT2D eigenvalue weighted by atomic mass is 32.3. The first kappa shape index (κ1) is 12.4. The summed E-state index contributed by atoms with van der Waals surface area (Å²) in [6, 6.07) is 17.0. The van der Waals surface area contributed by atoms with Crippen molar-refractivity contribution in [2.45, 2.75) is 0 Å². The first-order valence-corrected chi connectivity index (χ1v) is 7.73. The van der Waals surface area contributed by atoms with E-state index in [2.05, 4.69) is 0 Å². The molecule has 0 heterocycles. The quantitative estimate of drug-likeness (QED) is 0.452. The number of hydrogen-bond donors (Lipinski definition) is 1. The molecule has 104 valence electrons. The van der Waals surface area contributed by atoms with Crippen LogP contribution in [0.1, 0.15) is 0 Å². The molecule has 0 saturated carbocycles. The SMILES string of the molecule is O=S(=O)(O)Oc1cc2cccc3ccc4cccc1c4c32. The Morgan fingerprint density at radius 1 is 0.810 bits per heavy atom. The summed E-state index contributed by atoms with van der Waals surface area (Å²) >= 11 is 0. The van der Waals surface area contributed by atoms with E-state index in [1.807, 2.05) is 42.5 Å². The maximum atomic E-state index is 11.1. The molecule has 0 bridgehead atoms. The van der Waals surface area contributed by atoms with E-state index in [-0.39, 0.29) is 5.75 Å². The number of rotatable bonds is 2. The van der Waals surface area contributed by atoms with Crippen LogP contribution in [0.3, 0.4) is 0 Å². The lowest BCUT2D eigenvalue weighted by atomic mass is 9.94. The van der Waals surface area contributed by atoms with Crippen molar-refractivity contribution in [3.05, 3.63) is 54.6 Å². The van der Waals surface area contributed by atoms with Gasteiger partial charge in [-0.05, 0) is 27.6 Å². The number of hydrogen-bond acceptors (Lipinski definition) is 3. The molecule has 4 aromatic rings. The Hall–Kier alpha value is -2.37. The lowest BCUT2D eigenvalue weighted by molar-refractivity contribution is 0.388. The van der Waals surface area contributed by atoms with E-state index in [1.165, 1.54) is 0 Å². The summed E-state index contributed by atoms with van der Waals surface area (Å²) in [6.45, 7) is 0. The molecule has 0 fully saturated rings. The zero-order valence-corrected chi connectivity index (χ0v) is 11.6. The smallest absolute Gasteiger partial charge is 0.361 e. The largest absolute Gasteiger partial charge is 0.446 e. The molecule has 4 nitrogen and oxygen atoms in total. The Morgan fingerprint density at radius 2 is 1.43 bits per heavy atom. The van der Waals surface area contributed by atoms with E-state index in [9.17, 15) is 8.42 Å². The van der Waals surface area contributed by atoms with Crippen LogP contribution in [0.15, 0.2) is 54.6 Å². The van der Waals surface area contributed by atoms with Crippen molar-refractivity contribution in [3.63, 3.8) is 0 Å². The van der Waals surface area contributed by atoms with E-state index in [0.717, 1.165) is 26.9 Å². The molecular formula is C16H10O4S. The third kappa shape index (κ3) is 1.90. The van der Waals surface area contributed by atoms with Crippen molar-refractivity contribution < 1.29 is 17.2 Å². The zero-order chi connectivity index (χ0) is 14.6. The van der Waals surface area contributed by atoms with Crippen molar-refractivity contribution in [2.24, 2.45) is 0 Å². The Bertz CT molecular complexity index is 1080. The summed E-state index contributed by atoms with van der Waals surface area (Å²) in [5, 5.41) is 5.61. The average molecular weight is 298 g/mol. The predicted molar refractivity (Wildman–Crippen MR) is 82.3 cm³/mol. The molecule has 0 radical (unpaired) electrons. The highest BCUT2D eigenvalue weighted by Gasteiger charge is 2.15. The first-order chi connectivity index (χ1) is 10.0. The standard InChI is InChI=1S/C16H10O4S/c17-21(18,19)20-14-9-12-5-1-3-10-7-8-11-4-2-6-13(14)16(11)15(10)12/h1-9H,(H,17,18,19). The minimum atomic E-state index is -4.56. The zero-order valence-electron chi connectivity index (χ0n) is 10.8. The van der Waals surface area contributed by atoms with Gasteiger partial charge in [-0.3, -0.25) is 4.55 Å². The second kappa shape index (κ2) is 4.07. The van der Waals surface area contributed by atoms with Crippen molar-refractivity contribution in [3.8, 4) is 5.75 Å². The van der Waals surface area contributed by atoms with Crippen LogP contribution in [0.2, 0.25) is 0 Å². The van der Waals surface area contributed by atoms with Gasteiger partial charge in [0.15, 0.2) is 5.75 Å². The van der Waals surface area contributed by atoms with Gasteiger partial charge >= 0.3 is 10.4 Å². The van der Waals surface area contributed by atoms with Gasteiger partial charge < -0.3 is 4.18 Å². The van der Waals surface area contributed by atoms with Gasteiger partial charge in [-0.1, -0.05) is 48.5 Å².